The van der Waals surface area contributed by atoms with Crippen LogP contribution in [0, 0.1) is 0 Å². The number of ether oxygens (including phenoxy) is 7. The highest BCUT2D eigenvalue weighted by Gasteiger charge is 2.48. The van der Waals surface area contributed by atoms with Crippen molar-refractivity contribution in [2.45, 2.75) is 56.1 Å². The van der Waals surface area contributed by atoms with E-state index in [9.17, 15) is 30.0 Å². The number of carbonyl (C=O) groups is 2. The number of esters is 2. The Labute approximate surface area is 194 Å². The highest BCUT2D eigenvalue weighted by atomic mass is 16.7. The maximum Gasteiger partial charge on any atom is 0.338 e. The summed E-state index contributed by atoms with van der Waals surface area (Å²) >= 11 is 0. The van der Waals surface area contributed by atoms with Crippen LogP contribution in [-0.4, -0.2) is 109 Å². The molecule has 0 aliphatic carbocycles. The molecule has 13 nitrogen and oxygen atoms in total. The van der Waals surface area contributed by atoms with Crippen LogP contribution in [0.4, 0.5) is 0 Å². The van der Waals surface area contributed by atoms with Crippen LogP contribution >= 0.6 is 0 Å². The zero-order valence-corrected chi connectivity index (χ0v) is 18.7. The lowest BCUT2D eigenvalue weighted by Crippen LogP contribution is -2.61. The van der Waals surface area contributed by atoms with Crippen molar-refractivity contribution < 1.29 is 63.2 Å². The zero-order valence-electron chi connectivity index (χ0n) is 18.7. The first-order valence-electron chi connectivity index (χ1n) is 10.4. The molecule has 0 spiro atoms. The Morgan fingerprint density at radius 3 is 2.18 bits per heavy atom. The van der Waals surface area contributed by atoms with E-state index in [0.717, 1.165) is 6.92 Å². The van der Waals surface area contributed by atoms with E-state index in [2.05, 4.69) is 0 Å². The highest BCUT2D eigenvalue weighted by Crippen LogP contribution is 2.30. The van der Waals surface area contributed by atoms with Crippen LogP contribution in [0.3, 0.4) is 0 Å². The summed E-state index contributed by atoms with van der Waals surface area (Å²) in [5.41, 5.74) is 0.0684. The monoisotopic (exact) mass is 488 g/mol. The minimum absolute atomic E-state index is 0.0684. The first-order chi connectivity index (χ1) is 16.2. The molecule has 34 heavy (non-hydrogen) atoms. The maximum atomic E-state index is 12.7. The van der Waals surface area contributed by atoms with Gasteiger partial charge in [0.15, 0.2) is 36.3 Å². The van der Waals surface area contributed by atoms with Gasteiger partial charge in [-0.25, -0.2) is 4.79 Å². The SMILES string of the molecule is COc1ccc(C(=O)O[C@@H]2[C@@H](O)[C@H](O[C@@H]3[C@@H](OC(C)=O)[C@H](O)OC[C@@H]3O)OC[C@H]2O)cc1OC. The van der Waals surface area contributed by atoms with Crippen LogP contribution in [0.15, 0.2) is 18.2 Å². The Balaban J connectivity index is 1.73. The molecular formula is C21H28O13. The smallest absolute Gasteiger partial charge is 0.338 e. The second-order valence-electron chi connectivity index (χ2n) is 7.67. The van der Waals surface area contributed by atoms with Gasteiger partial charge in [-0.1, -0.05) is 0 Å². The molecule has 2 fully saturated rings. The number of aliphatic hydroxyl groups is 4. The molecule has 4 N–H and O–H groups in total. The fourth-order valence-electron chi connectivity index (χ4n) is 3.60. The molecule has 3 rings (SSSR count). The van der Waals surface area contributed by atoms with Crippen LogP contribution in [0.2, 0.25) is 0 Å². The predicted octanol–water partition coefficient (Wildman–Crippen LogP) is -1.67. The summed E-state index contributed by atoms with van der Waals surface area (Å²) in [7, 11) is 2.83. The van der Waals surface area contributed by atoms with E-state index in [-0.39, 0.29) is 24.5 Å². The molecule has 1 aromatic carbocycles. The number of hydrogen-bond donors (Lipinski definition) is 4. The molecule has 0 bridgehead atoms. The van der Waals surface area contributed by atoms with Crippen molar-refractivity contribution >= 4 is 11.9 Å². The molecule has 0 unspecified atom stereocenters. The number of carbonyl (C=O) groups excluding carboxylic acids is 2. The predicted molar refractivity (Wildman–Crippen MR) is 109 cm³/mol. The van der Waals surface area contributed by atoms with Gasteiger partial charge in [-0.05, 0) is 18.2 Å². The molecule has 2 heterocycles. The number of hydrogen-bond acceptors (Lipinski definition) is 13. The molecule has 0 aromatic heterocycles. The minimum atomic E-state index is -1.70. The summed E-state index contributed by atoms with van der Waals surface area (Å²) in [6.07, 6.45) is -11.8. The largest absolute Gasteiger partial charge is 0.493 e. The summed E-state index contributed by atoms with van der Waals surface area (Å²) in [6.45, 7) is 0.370. The normalized spacial score (nSPS) is 33.6. The third kappa shape index (κ3) is 5.75. The van der Waals surface area contributed by atoms with E-state index < -0.39 is 61.1 Å². The Morgan fingerprint density at radius 1 is 0.882 bits per heavy atom. The van der Waals surface area contributed by atoms with E-state index in [1.54, 1.807) is 0 Å². The van der Waals surface area contributed by atoms with Gasteiger partial charge >= 0.3 is 11.9 Å². The highest BCUT2D eigenvalue weighted by molar-refractivity contribution is 5.90. The Kier molecular flexibility index (Phi) is 8.65. The van der Waals surface area contributed by atoms with Crippen LogP contribution < -0.4 is 9.47 Å². The molecule has 2 aliphatic rings. The molecule has 2 saturated heterocycles. The van der Waals surface area contributed by atoms with Gasteiger partial charge in [0.1, 0.15) is 24.4 Å². The zero-order chi connectivity index (χ0) is 25.0. The lowest BCUT2D eigenvalue weighted by atomic mass is 10.0. The van der Waals surface area contributed by atoms with Crippen molar-refractivity contribution in [3.8, 4) is 11.5 Å². The van der Waals surface area contributed by atoms with E-state index in [1.807, 2.05) is 0 Å². The second-order valence-corrected chi connectivity index (χ2v) is 7.67. The molecule has 0 saturated carbocycles. The lowest BCUT2D eigenvalue weighted by molar-refractivity contribution is -0.330. The summed E-state index contributed by atoms with van der Waals surface area (Å²) in [5.74, 6) is -0.977. The molecule has 8 atom stereocenters. The van der Waals surface area contributed by atoms with Gasteiger partial charge in [0.2, 0.25) is 0 Å². The molecular weight excluding hydrogens is 460 g/mol. The third-order valence-electron chi connectivity index (χ3n) is 5.30. The van der Waals surface area contributed by atoms with Crippen molar-refractivity contribution in [3.63, 3.8) is 0 Å². The van der Waals surface area contributed by atoms with Gasteiger partial charge in [-0.3, -0.25) is 4.79 Å². The van der Waals surface area contributed by atoms with Crippen LogP contribution in [0.1, 0.15) is 17.3 Å². The first-order valence-corrected chi connectivity index (χ1v) is 10.4. The number of rotatable bonds is 7. The topological polar surface area (TPSA) is 180 Å². The van der Waals surface area contributed by atoms with Gasteiger partial charge in [-0.2, -0.15) is 0 Å². The molecule has 13 heteroatoms. The van der Waals surface area contributed by atoms with Crippen molar-refractivity contribution in [1.82, 2.24) is 0 Å². The summed E-state index contributed by atoms with van der Waals surface area (Å²) in [4.78, 5) is 24.1. The number of aliphatic hydroxyl groups excluding tert-OH is 4. The van der Waals surface area contributed by atoms with Crippen molar-refractivity contribution in [2.24, 2.45) is 0 Å². The lowest BCUT2D eigenvalue weighted by Gasteiger charge is -2.42. The van der Waals surface area contributed by atoms with E-state index in [4.69, 9.17) is 33.2 Å². The van der Waals surface area contributed by atoms with Gasteiger partial charge in [0.05, 0.1) is 33.0 Å². The Hall–Kier alpha value is -2.52. The molecule has 0 amide bonds. The van der Waals surface area contributed by atoms with Crippen molar-refractivity contribution in [1.29, 1.82) is 0 Å². The average Bonchev–Trinajstić information content (AvgIpc) is 2.81. The molecule has 0 radical (unpaired) electrons. The fraction of sp³-hybridized carbons (Fsp3) is 0.619. The quantitative estimate of drug-likeness (QED) is 0.320. The van der Waals surface area contributed by atoms with Crippen molar-refractivity contribution in [3.05, 3.63) is 23.8 Å². The van der Waals surface area contributed by atoms with Gasteiger partial charge in [0.25, 0.3) is 0 Å². The Morgan fingerprint density at radius 2 is 1.53 bits per heavy atom. The number of methoxy groups -OCH3 is 2. The summed E-state index contributed by atoms with van der Waals surface area (Å²) in [6, 6.07) is 4.28. The standard InChI is InChI=1S/C21H28O13/c1-9(22)32-18-17(12(24)7-30-20(18)27)34-21-15(25)16(11(23)8-31-21)33-19(26)10-4-5-13(28-2)14(6-10)29-3/h4-6,11-12,15-18,20-21,23-25,27H,7-8H2,1-3H3/t11-,12+,15-,16+,17+,18-,20-,21+/m1/s1. The second kappa shape index (κ2) is 11.3. The summed E-state index contributed by atoms with van der Waals surface area (Å²) < 4.78 is 36.4. The molecule has 190 valence electrons. The molecule has 2 aliphatic heterocycles. The number of benzene rings is 1. The van der Waals surface area contributed by atoms with Crippen LogP contribution in [-0.2, 0) is 28.5 Å². The van der Waals surface area contributed by atoms with E-state index >= 15 is 0 Å². The Bertz CT molecular complexity index is 861. The summed E-state index contributed by atoms with van der Waals surface area (Å²) in [5, 5.41) is 41.2. The van der Waals surface area contributed by atoms with Crippen LogP contribution in [0.25, 0.3) is 0 Å². The van der Waals surface area contributed by atoms with E-state index in [0.29, 0.717) is 5.75 Å². The van der Waals surface area contributed by atoms with Gasteiger partial charge in [-0.15, -0.1) is 0 Å². The molecule has 1 aromatic rings. The van der Waals surface area contributed by atoms with E-state index in [1.165, 1.54) is 32.4 Å². The third-order valence-corrected chi connectivity index (χ3v) is 5.30. The minimum Gasteiger partial charge on any atom is -0.493 e. The van der Waals surface area contributed by atoms with Crippen molar-refractivity contribution in [2.75, 3.05) is 27.4 Å². The van der Waals surface area contributed by atoms with Crippen LogP contribution in [0.5, 0.6) is 11.5 Å². The van der Waals surface area contributed by atoms with Gasteiger partial charge < -0.3 is 53.6 Å². The maximum absolute atomic E-state index is 12.7. The fourth-order valence-corrected chi connectivity index (χ4v) is 3.60. The van der Waals surface area contributed by atoms with Gasteiger partial charge in [0, 0.05) is 6.92 Å². The first kappa shape index (κ1) is 26.1. The average molecular weight is 488 g/mol.